The van der Waals surface area contributed by atoms with Gasteiger partial charge in [-0.15, -0.1) is 0 Å². The SMILES string of the molecule is C[C@@H](CC(=O)N1CCN(Cc2noc(-c3ccc(F)cc3)n2)CC1)CC(C)(C)C. The molecule has 1 aliphatic rings. The zero-order valence-electron chi connectivity index (χ0n) is 17.8. The number of halogens is 1. The van der Waals surface area contributed by atoms with Gasteiger partial charge in [-0.1, -0.05) is 32.9 Å². The lowest BCUT2D eigenvalue weighted by molar-refractivity contribution is -0.134. The summed E-state index contributed by atoms with van der Waals surface area (Å²) >= 11 is 0. The number of piperazine rings is 1. The fourth-order valence-electron chi connectivity index (χ4n) is 3.93. The summed E-state index contributed by atoms with van der Waals surface area (Å²) < 4.78 is 18.3. The molecular formula is C22H31FN4O2. The van der Waals surface area contributed by atoms with Gasteiger partial charge in [0.1, 0.15) is 5.82 Å². The van der Waals surface area contributed by atoms with Gasteiger partial charge in [0.05, 0.1) is 6.54 Å². The van der Waals surface area contributed by atoms with Gasteiger partial charge in [-0.25, -0.2) is 4.39 Å². The molecule has 0 aliphatic carbocycles. The van der Waals surface area contributed by atoms with Crippen molar-refractivity contribution in [2.45, 2.75) is 47.1 Å². The van der Waals surface area contributed by atoms with Crippen LogP contribution in [-0.2, 0) is 11.3 Å². The molecule has 1 aliphatic heterocycles. The van der Waals surface area contributed by atoms with Gasteiger partial charge in [0.15, 0.2) is 5.82 Å². The molecule has 2 aromatic rings. The summed E-state index contributed by atoms with van der Waals surface area (Å²) in [5.74, 6) is 1.34. The number of hydrogen-bond donors (Lipinski definition) is 0. The molecule has 1 atom stereocenters. The molecule has 29 heavy (non-hydrogen) atoms. The molecule has 1 aromatic carbocycles. The first-order valence-electron chi connectivity index (χ1n) is 10.3. The van der Waals surface area contributed by atoms with E-state index in [9.17, 15) is 9.18 Å². The Morgan fingerprint density at radius 3 is 2.45 bits per heavy atom. The van der Waals surface area contributed by atoms with E-state index in [1.54, 1.807) is 12.1 Å². The monoisotopic (exact) mass is 402 g/mol. The number of carbonyl (C=O) groups is 1. The molecule has 1 amide bonds. The number of amides is 1. The van der Waals surface area contributed by atoms with Crippen molar-refractivity contribution >= 4 is 5.91 Å². The van der Waals surface area contributed by atoms with Gasteiger partial charge in [0.2, 0.25) is 5.91 Å². The van der Waals surface area contributed by atoms with Crippen LogP contribution in [0.3, 0.4) is 0 Å². The topological polar surface area (TPSA) is 62.5 Å². The van der Waals surface area contributed by atoms with E-state index >= 15 is 0 Å². The molecule has 1 fully saturated rings. The predicted molar refractivity (Wildman–Crippen MR) is 109 cm³/mol. The van der Waals surface area contributed by atoms with Gasteiger partial charge in [0, 0.05) is 38.2 Å². The highest BCUT2D eigenvalue weighted by atomic mass is 19.1. The van der Waals surface area contributed by atoms with E-state index in [0.29, 0.717) is 36.2 Å². The Morgan fingerprint density at radius 1 is 1.17 bits per heavy atom. The second kappa shape index (κ2) is 9.03. The normalized spacial score (nSPS) is 16.8. The average molecular weight is 403 g/mol. The minimum absolute atomic E-state index is 0.246. The third kappa shape index (κ3) is 6.35. The number of aromatic nitrogens is 2. The second-order valence-corrected chi connectivity index (χ2v) is 9.25. The average Bonchev–Trinajstić information content (AvgIpc) is 3.09. The van der Waals surface area contributed by atoms with Crippen molar-refractivity contribution in [3.63, 3.8) is 0 Å². The number of rotatable bonds is 6. The molecule has 1 saturated heterocycles. The highest BCUT2D eigenvalue weighted by Crippen LogP contribution is 2.26. The zero-order chi connectivity index (χ0) is 21.0. The van der Waals surface area contributed by atoms with Crippen LogP contribution in [0.4, 0.5) is 4.39 Å². The fraction of sp³-hybridized carbons (Fsp3) is 0.591. The first kappa shape index (κ1) is 21.4. The van der Waals surface area contributed by atoms with Gasteiger partial charge >= 0.3 is 0 Å². The summed E-state index contributed by atoms with van der Waals surface area (Å²) in [4.78, 5) is 21.2. The maximum Gasteiger partial charge on any atom is 0.257 e. The van der Waals surface area contributed by atoms with Crippen molar-refractivity contribution in [1.82, 2.24) is 19.9 Å². The first-order valence-corrected chi connectivity index (χ1v) is 10.3. The molecule has 0 N–H and O–H groups in total. The van der Waals surface area contributed by atoms with E-state index in [-0.39, 0.29) is 17.1 Å². The van der Waals surface area contributed by atoms with Crippen molar-refractivity contribution in [2.24, 2.45) is 11.3 Å². The van der Waals surface area contributed by atoms with Crippen LogP contribution in [-0.4, -0.2) is 52.0 Å². The Labute approximate surface area is 172 Å². The minimum Gasteiger partial charge on any atom is -0.340 e. The van der Waals surface area contributed by atoms with Gasteiger partial charge in [0.25, 0.3) is 5.89 Å². The van der Waals surface area contributed by atoms with Crippen molar-refractivity contribution < 1.29 is 13.7 Å². The van der Waals surface area contributed by atoms with Crippen LogP contribution in [0.15, 0.2) is 28.8 Å². The molecular weight excluding hydrogens is 371 g/mol. The van der Waals surface area contributed by atoms with Gasteiger partial charge in [-0.3, -0.25) is 9.69 Å². The number of nitrogens with zero attached hydrogens (tertiary/aromatic N) is 4. The highest BCUT2D eigenvalue weighted by Gasteiger charge is 2.25. The first-order chi connectivity index (χ1) is 13.7. The summed E-state index contributed by atoms with van der Waals surface area (Å²) in [6.45, 7) is 12.4. The van der Waals surface area contributed by atoms with Crippen LogP contribution in [0.25, 0.3) is 11.5 Å². The van der Waals surface area contributed by atoms with Crippen LogP contribution >= 0.6 is 0 Å². The molecule has 7 heteroatoms. The lowest BCUT2D eigenvalue weighted by Gasteiger charge is -2.35. The van der Waals surface area contributed by atoms with Crippen molar-refractivity contribution in [2.75, 3.05) is 26.2 Å². The van der Waals surface area contributed by atoms with Crippen LogP contribution in [0, 0.1) is 17.2 Å². The molecule has 1 aromatic heterocycles. The van der Waals surface area contributed by atoms with E-state index < -0.39 is 0 Å². The van der Waals surface area contributed by atoms with Crippen LogP contribution < -0.4 is 0 Å². The summed E-state index contributed by atoms with van der Waals surface area (Å²) in [7, 11) is 0. The summed E-state index contributed by atoms with van der Waals surface area (Å²) in [6.07, 6.45) is 1.66. The third-order valence-corrected chi connectivity index (χ3v) is 5.13. The maximum absolute atomic E-state index is 13.0. The Hall–Kier alpha value is -2.28. The predicted octanol–water partition coefficient (Wildman–Crippen LogP) is 3.98. The summed E-state index contributed by atoms with van der Waals surface area (Å²) in [5, 5.41) is 4.03. The molecule has 0 bridgehead atoms. The Morgan fingerprint density at radius 2 is 1.83 bits per heavy atom. The van der Waals surface area contributed by atoms with Gasteiger partial charge in [-0.2, -0.15) is 4.98 Å². The van der Waals surface area contributed by atoms with Crippen LogP contribution in [0.1, 0.15) is 46.4 Å². The number of hydrogen-bond acceptors (Lipinski definition) is 5. The van der Waals surface area contributed by atoms with Crippen molar-refractivity contribution in [3.05, 3.63) is 35.9 Å². The molecule has 0 unspecified atom stereocenters. The summed E-state index contributed by atoms with van der Waals surface area (Å²) in [6, 6.07) is 5.99. The van der Waals surface area contributed by atoms with Crippen molar-refractivity contribution in [1.29, 1.82) is 0 Å². The van der Waals surface area contributed by atoms with Crippen LogP contribution in [0.2, 0.25) is 0 Å². The van der Waals surface area contributed by atoms with E-state index in [0.717, 1.165) is 32.6 Å². The van der Waals surface area contributed by atoms with Crippen LogP contribution in [0.5, 0.6) is 0 Å². The van der Waals surface area contributed by atoms with E-state index in [1.165, 1.54) is 12.1 Å². The largest absolute Gasteiger partial charge is 0.340 e. The summed E-state index contributed by atoms with van der Waals surface area (Å²) in [5.41, 5.74) is 0.945. The number of benzene rings is 1. The molecule has 0 radical (unpaired) electrons. The molecule has 158 valence electrons. The smallest absolute Gasteiger partial charge is 0.257 e. The quantitative estimate of drug-likeness (QED) is 0.731. The molecule has 2 heterocycles. The Bertz CT molecular complexity index is 805. The van der Waals surface area contributed by atoms with Crippen molar-refractivity contribution in [3.8, 4) is 11.5 Å². The highest BCUT2D eigenvalue weighted by molar-refractivity contribution is 5.76. The van der Waals surface area contributed by atoms with Gasteiger partial charge in [-0.05, 0) is 42.0 Å². The second-order valence-electron chi connectivity index (χ2n) is 9.25. The standard InChI is InChI=1S/C22H31FN4O2/c1-16(14-22(2,3)4)13-20(28)27-11-9-26(10-12-27)15-19-24-21(29-25-19)17-5-7-18(23)8-6-17/h5-8,16H,9-15H2,1-4H3/t16-/m0/s1. The molecule has 0 spiro atoms. The lowest BCUT2D eigenvalue weighted by Crippen LogP contribution is -2.48. The maximum atomic E-state index is 13.0. The van der Waals surface area contributed by atoms with E-state index in [2.05, 4.69) is 42.7 Å². The number of carbonyl (C=O) groups excluding carboxylic acids is 1. The molecule has 0 saturated carbocycles. The Kier molecular flexibility index (Phi) is 6.67. The Balaban J connectivity index is 1.46. The fourth-order valence-corrected chi connectivity index (χ4v) is 3.93. The molecule has 6 nitrogen and oxygen atoms in total. The zero-order valence-corrected chi connectivity index (χ0v) is 17.8. The van der Waals surface area contributed by atoms with E-state index in [1.807, 2.05) is 4.90 Å². The third-order valence-electron chi connectivity index (χ3n) is 5.13. The molecule has 3 rings (SSSR count). The minimum atomic E-state index is -0.297. The lowest BCUT2D eigenvalue weighted by atomic mass is 9.84. The van der Waals surface area contributed by atoms with Gasteiger partial charge < -0.3 is 9.42 Å². The van der Waals surface area contributed by atoms with E-state index in [4.69, 9.17) is 4.52 Å².